The maximum absolute atomic E-state index is 12.8. The van der Waals surface area contributed by atoms with Gasteiger partial charge in [0.05, 0.1) is 23.5 Å². The van der Waals surface area contributed by atoms with Crippen LogP contribution in [0.3, 0.4) is 0 Å². The summed E-state index contributed by atoms with van der Waals surface area (Å²) in [4.78, 5) is 16.8. The van der Waals surface area contributed by atoms with E-state index in [1.165, 1.54) is 23.5 Å². The van der Waals surface area contributed by atoms with Gasteiger partial charge in [-0.3, -0.25) is 4.79 Å². The summed E-state index contributed by atoms with van der Waals surface area (Å²) in [7, 11) is 0. The second-order valence-electron chi connectivity index (χ2n) is 7.58. The molecule has 2 heterocycles. The van der Waals surface area contributed by atoms with Crippen molar-refractivity contribution in [3.8, 4) is 10.4 Å². The number of nitrogens with zero attached hydrogens (tertiary/aromatic N) is 1. The average Bonchev–Trinajstić information content (AvgIpc) is 3.37. The third-order valence-corrected chi connectivity index (χ3v) is 6.39. The number of nitrogens with one attached hydrogen (secondary N) is 2. The molecule has 2 atom stereocenters. The number of thiazole rings is 1. The van der Waals surface area contributed by atoms with E-state index in [1.807, 2.05) is 18.2 Å². The molecule has 0 spiro atoms. The number of benzene rings is 2. The van der Waals surface area contributed by atoms with Crippen LogP contribution < -0.4 is 16.4 Å². The normalized spacial score (nSPS) is 15.2. The van der Waals surface area contributed by atoms with Crippen molar-refractivity contribution in [3.63, 3.8) is 0 Å². The fourth-order valence-electron chi connectivity index (χ4n) is 3.63. The average molecular weight is 462 g/mol. The molecule has 0 aliphatic carbocycles. The van der Waals surface area contributed by atoms with E-state index < -0.39 is 23.7 Å². The Balaban J connectivity index is 1.40. The van der Waals surface area contributed by atoms with Crippen molar-refractivity contribution in [1.29, 1.82) is 0 Å². The number of aliphatic hydroxyl groups is 1. The minimum absolute atomic E-state index is 0.0238. The van der Waals surface area contributed by atoms with E-state index in [2.05, 4.69) is 15.6 Å². The number of rotatable bonds is 7. The number of carbonyl (C=O) groups excluding carboxylic acids is 1. The zero-order valence-electron chi connectivity index (χ0n) is 16.8. The van der Waals surface area contributed by atoms with Crippen molar-refractivity contribution in [3.05, 3.63) is 65.4 Å². The molecule has 0 unspecified atom stereocenters. The highest BCUT2D eigenvalue weighted by molar-refractivity contribution is 7.18. The maximum atomic E-state index is 12.8. The zero-order chi connectivity index (χ0) is 22.9. The molecule has 1 amide bonds. The standard InChI is InChI=1S/C22H21F3N4O2S/c23-22(24,25)15-4-1-12(2-5-15)16(11-30)17(26)9-27-21-28-10-19(32-21)13-3-6-18-14(7-13)8-20(31)29-18/h1-7,10,16-17,30H,8-9,11,26H2,(H,27,28)(H,29,31)/t16-,17-/m0/s1. The van der Waals surface area contributed by atoms with Gasteiger partial charge in [0, 0.05) is 30.4 Å². The number of aliphatic hydroxyl groups excluding tert-OH is 1. The molecule has 0 bridgehead atoms. The molecule has 4 rings (SSSR count). The Morgan fingerprint density at radius 3 is 2.66 bits per heavy atom. The molecular weight excluding hydrogens is 441 g/mol. The Labute approximate surface area is 186 Å². The summed E-state index contributed by atoms with van der Waals surface area (Å²) >= 11 is 1.42. The molecule has 6 nitrogen and oxygen atoms in total. The van der Waals surface area contributed by atoms with Crippen molar-refractivity contribution in [2.75, 3.05) is 23.8 Å². The van der Waals surface area contributed by atoms with E-state index in [0.717, 1.165) is 33.8 Å². The molecular formula is C22H21F3N4O2S. The van der Waals surface area contributed by atoms with Gasteiger partial charge in [-0.2, -0.15) is 13.2 Å². The minimum atomic E-state index is -4.41. The summed E-state index contributed by atoms with van der Waals surface area (Å²) in [6, 6.07) is 9.88. The number of alkyl halides is 3. The smallest absolute Gasteiger partial charge is 0.396 e. The summed E-state index contributed by atoms with van der Waals surface area (Å²) in [5, 5.41) is 16.3. The largest absolute Gasteiger partial charge is 0.416 e. The first-order valence-corrected chi connectivity index (χ1v) is 10.7. The Morgan fingerprint density at radius 2 is 1.97 bits per heavy atom. The van der Waals surface area contributed by atoms with Gasteiger partial charge in [-0.15, -0.1) is 0 Å². The van der Waals surface area contributed by atoms with E-state index in [4.69, 9.17) is 5.73 Å². The predicted molar refractivity (Wildman–Crippen MR) is 118 cm³/mol. The first kappa shape index (κ1) is 22.3. The van der Waals surface area contributed by atoms with Gasteiger partial charge in [-0.25, -0.2) is 4.98 Å². The lowest BCUT2D eigenvalue weighted by Crippen LogP contribution is -2.37. The lowest BCUT2D eigenvalue weighted by atomic mass is 9.92. The van der Waals surface area contributed by atoms with Crippen LogP contribution in [0.25, 0.3) is 10.4 Å². The summed E-state index contributed by atoms with van der Waals surface area (Å²) < 4.78 is 38.3. The SMILES string of the molecule is N[C@@H](CNc1ncc(-c2ccc3c(c2)CC(=O)N3)s1)[C@@H](CO)c1ccc(C(F)(F)F)cc1. The molecule has 2 aromatic carbocycles. The van der Waals surface area contributed by atoms with Crippen LogP contribution in [-0.2, 0) is 17.4 Å². The van der Waals surface area contributed by atoms with Gasteiger partial charge in [0.25, 0.3) is 0 Å². The topological polar surface area (TPSA) is 100 Å². The van der Waals surface area contributed by atoms with Crippen LogP contribution in [0.5, 0.6) is 0 Å². The van der Waals surface area contributed by atoms with E-state index >= 15 is 0 Å². The number of nitrogens with two attached hydrogens (primary N) is 1. The zero-order valence-corrected chi connectivity index (χ0v) is 17.6. The first-order chi connectivity index (χ1) is 15.2. The molecule has 168 valence electrons. The molecule has 1 aromatic heterocycles. The highest BCUT2D eigenvalue weighted by Gasteiger charge is 2.30. The maximum Gasteiger partial charge on any atom is 0.416 e. The van der Waals surface area contributed by atoms with Crippen LogP contribution in [0.1, 0.15) is 22.6 Å². The third-order valence-electron chi connectivity index (χ3n) is 5.39. The van der Waals surface area contributed by atoms with Crippen molar-refractivity contribution >= 4 is 28.1 Å². The monoisotopic (exact) mass is 462 g/mol. The molecule has 0 radical (unpaired) electrons. The van der Waals surface area contributed by atoms with E-state index in [-0.39, 0.29) is 19.1 Å². The lowest BCUT2D eigenvalue weighted by molar-refractivity contribution is -0.137. The van der Waals surface area contributed by atoms with Crippen molar-refractivity contribution < 1.29 is 23.1 Å². The molecule has 0 saturated heterocycles. The van der Waals surface area contributed by atoms with Gasteiger partial charge in [0.2, 0.25) is 5.91 Å². The fraction of sp³-hybridized carbons (Fsp3) is 0.273. The Hall–Kier alpha value is -2.95. The van der Waals surface area contributed by atoms with Gasteiger partial charge in [-0.05, 0) is 41.0 Å². The van der Waals surface area contributed by atoms with E-state index in [9.17, 15) is 23.1 Å². The van der Waals surface area contributed by atoms with Gasteiger partial charge < -0.3 is 21.5 Å². The Morgan fingerprint density at radius 1 is 1.22 bits per heavy atom. The van der Waals surface area contributed by atoms with Crippen molar-refractivity contribution in [2.45, 2.75) is 24.6 Å². The fourth-order valence-corrected chi connectivity index (χ4v) is 4.45. The Kier molecular flexibility index (Phi) is 6.18. The number of anilines is 2. The lowest BCUT2D eigenvalue weighted by Gasteiger charge is -2.23. The van der Waals surface area contributed by atoms with Crippen LogP contribution in [0, 0.1) is 0 Å². The van der Waals surface area contributed by atoms with Gasteiger partial charge in [0.1, 0.15) is 0 Å². The van der Waals surface area contributed by atoms with Gasteiger partial charge >= 0.3 is 6.18 Å². The van der Waals surface area contributed by atoms with Crippen LogP contribution in [0.4, 0.5) is 24.0 Å². The minimum Gasteiger partial charge on any atom is -0.396 e. The molecule has 3 aromatic rings. The number of carbonyl (C=O) groups is 1. The Bertz CT molecular complexity index is 1120. The van der Waals surface area contributed by atoms with Gasteiger partial charge in [-0.1, -0.05) is 29.5 Å². The third kappa shape index (κ3) is 4.77. The number of fused-ring (bicyclic) bond motifs is 1. The molecule has 1 aliphatic rings. The summed E-state index contributed by atoms with van der Waals surface area (Å²) in [6.07, 6.45) is -2.33. The molecule has 32 heavy (non-hydrogen) atoms. The number of amides is 1. The number of halogens is 3. The highest BCUT2D eigenvalue weighted by atomic mass is 32.1. The molecule has 0 fully saturated rings. The van der Waals surface area contributed by atoms with Crippen LogP contribution in [-0.4, -0.2) is 35.2 Å². The highest BCUT2D eigenvalue weighted by Crippen LogP contribution is 2.34. The molecule has 5 N–H and O–H groups in total. The van der Waals surface area contributed by atoms with Crippen LogP contribution in [0.2, 0.25) is 0 Å². The number of hydrogen-bond acceptors (Lipinski definition) is 6. The molecule has 1 aliphatic heterocycles. The predicted octanol–water partition coefficient (Wildman–Crippen LogP) is 3.84. The van der Waals surface area contributed by atoms with Crippen LogP contribution in [0.15, 0.2) is 48.7 Å². The second kappa shape index (κ2) is 8.89. The summed E-state index contributed by atoms with van der Waals surface area (Å²) in [5.74, 6) is -0.546. The number of aromatic nitrogens is 1. The number of hydrogen-bond donors (Lipinski definition) is 4. The second-order valence-corrected chi connectivity index (χ2v) is 8.61. The van der Waals surface area contributed by atoms with Crippen molar-refractivity contribution in [2.24, 2.45) is 5.73 Å². The quantitative estimate of drug-likeness (QED) is 0.428. The van der Waals surface area contributed by atoms with Crippen molar-refractivity contribution in [1.82, 2.24) is 4.98 Å². The molecule has 0 saturated carbocycles. The summed E-state index contributed by atoms with van der Waals surface area (Å²) in [5.41, 5.74) is 8.73. The van der Waals surface area contributed by atoms with Gasteiger partial charge in [0.15, 0.2) is 5.13 Å². The first-order valence-electron chi connectivity index (χ1n) is 9.91. The summed E-state index contributed by atoms with van der Waals surface area (Å²) in [6.45, 7) is -0.0129. The van der Waals surface area contributed by atoms with E-state index in [1.54, 1.807) is 6.20 Å². The van der Waals surface area contributed by atoms with E-state index in [0.29, 0.717) is 17.1 Å². The van der Waals surface area contributed by atoms with Crippen LogP contribution >= 0.6 is 11.3 Å². The molecule has 10 heteroatoms.